The number of hydrogen-bond acceptors (Lipinski definition) is 4. The summed E-state index contributed by atoms with van der Waals surface area (Å²) < 4.78 is 6.03. The van der Waals surface area contributed by atoms with Crippen molar-refractivity contribution in [1.82, 2.24) is 0 Å². The van der Waals surface area contributed by atoms with Crippen molar-refractivity contribution in [2.45, 2.75) is 22.7 Å². The highest BCUT2D eigenvalue weighted by molar-refractivity contribution is 8.21. The standard InChI is InChI=1S/C13H12O2S2/c14-10-4-5-11-13(16-6-7-17-13)9-3-1-2-8(9)12(10)15-11/h1,3-5,11-12H,2,6-7H2/t11-,12-/m1/s1. The van der Waals surface area contributed by atoms with Gasteiger partial charge >= 0.3 is 0 Å². The quantitative estimate of drug-likeness (QED) is 0.671. The highest BCUT2D eigenvalue weighted by Crippen LogP contribution is 2.58. The molecule has 2 nitrogen and oxygen atoms in total. The average Bonchev–Trinajstić information content (AvgIpc) is 2.97. The van der Waals surface area contributed by atoms with Crippen LogP contribution in [0.1, 0.15) is 6.42 Å². The van der Waals surface area contributed by atoms with E-state index in [0.29, 0.717) is 0 Å². The zero-order valence-corrected chi connectivity index (χ0v) is 10.9. The van der Waals surface area contributed by atoms with Crippen LogP contribution in [0.5, 0.6) is 0 Å². The maximum atomic E-state index is 11.9. The van der Waals surface area contributed by atoms with Gasteiger partial charge in [-0.05, 0) is 29.7 Å². The lowest BCUT2D eigenvalue weighted by Gasteiger charge is -2.44. The number of thioether (sulfide) groups is 2. The molecule has 1 spiro atoms. The van der Waals surface area contributed by atoms with Crippen molar-refractivity contribution in [2.75, 3.05) is 11.5 Å². The van der Waals surface area contributed by atoms with Crippen LogP contribution in [0.15, 0.2) is 35.5 Å². The van der Waals surface area contributed by atoms with E-state index in [9.17, 15) is 4.79 Å². The minimum absolute atomic E-state index is 0.0238. The summed E-state index contributed by atoms with van der Waals surface area (Å²) in [6, 6.07) is 0. The number of hydrogen-bond donors (Lipinski definition) is 0. The van der Waals surface area contributed by atoms with Gasteiger partial charge in [-0.2, -0.15) is 0 Å². The van der Waals surface area contributed by atoms with E-state index in [4.69, 9.17) is 4.74 Å². The molecule has 0 unspecified atom stereocenters. The number of carbonyl (C=O) groups is 1. The van der Waals surface area contributed by atoms with Crippen molar-refractivity contribution in [3.05, 3.63) is 35.5 Å². The lowest BCUT2D eigenvalue weighted by molar-refractivity contribution is -0.128. The molecule has 3 aliphatic heterocycles. The summed E-state index contributed by atoms with van der Waals surface area (Å²) in [5.74, 6) is 2.45. The Bertz CT molecular complexity index is 484. The lowest BCUT2D eigenvalue weighted by atomic mass is 9.89. The molecule has 1 fully saturated rings. The van der Waals surface area contributed by atoms with Crippen molar-refractivity contribution in [3.8, 4) is 0 Å². The normalized spacial score (nSPS) is 37.1. The summed E-state index contributed by atoms with van der Waals surface area (Å²) in [4.78, 5) is 11.9. The molecule has 1 saturated heterocycles. The van der Waals surface area contributed by atoms with E-state index in [1.807, 2.05) is 29.6 Å². The fourth-order valence-electron chi connectivity index (χ4n) is 3.01. The molecule has 3 heterocycles. The van der Waals surface area contributed by atoms with E-state index in [1.165, 1.54) is 22.7 Å². The molecule has 17 heavy (non-hydrogen) atoms. The Morgan fingerprint density at radius 3 is 2.94 bits per heavy atom. The van der Waals surface area contributed by atoms with Crippen molar-refractivity contribution in [3.63, 3.8) is 0 Å². The summed E-state index contributed by atoms with van der Waals surface area (Å²) in [6.07, 6.45) is 8.71. The fourth-order valence-corrected chi connectivity index (χ4v) is 6.42. The topological polar surface area (TPSA) is 26.3 Å². The van der Waals surface area contributed by atoms with Crippen LogP contribution in [0.2, 0.25) is 0 Å². The summed E-state index contributed by atoms with van der Waals surface area (Å²) in [5.41, 5.74) is 2.57. The molecule has 4 heteroatoms. The van der Waals surface area contributed by atoms with Gasteiger partial charge in [0, 0.05) is 11.5 Å². The van der Waals surface area contributed by atoms with Gasteiger partial charge in [-0.25, -0.2) is 0 Å². The van der Waals surface area contributed by atoms with E-state index < -0.39 is 0 Å². The first-order valence-electron chi connectivity index (χ1n) is 5.87. The Labute approximate surface area is 109 Å². The lowest BCUT2D eigenvalue weighted by Crippen LogP contribution is -2.49. The van der Waals surface area contributed by atoms with Crippen LogP contribution < -0.4 is 0 Å². The number of allylic oxidation sites excluding steroid dienone is 2. The number of fused-ring (bicyclic) bond motifs is 5. The van der Waals surface area contributed by atoms with Crippen molar-refractivity contribution in [2.24, 2.45) is 0 Å². The minimum atomic E-state index is -0.303. The molecule has 4 rings (SSSR count). The Hall–Kier alpha value is -0.450. The zero-order valence-electron chi connectivity index (χ0n) is 9.22. The summed E-state index contributed by atoms with van der Waals surface area (Å²) in [6.45, 7) is 0. The zero-order chi connectivity index (χ0) is 11.5. The van der Waals surface area contributed by atoms with Crippen LogP contribution >= 0.6 is 23.5 Å². The third-order valence-corrected chi connectivity index (χ3v) is 7.27. The second kappa shape index (κ2) is 3.53. The smallest absolute Gasteiger partial charge is 0.188 e. The first-order chi connectivity index (χ1) is 8.31. The first-order valence-corrected chi connectivity index (χ1v) is 7.84. The number of rotatable bonds is 0. The molecule has 0 aromatic heterocycles. The third-order valence-electron chi connectivity index (χ3n) is 3.73. The highest BCUT2D eigenvalue weighted by atomic mass is 32.2. The molecule has 1 aliphatic carbocycles. The molecule has 2 atom stereocenters. The summed E-state index contributed by atoms with van der Waals surface area (Å²) in [5, 5.41) is 0. The summed E-state index contributed by atoms with van der Waals surface area (Å²) >= 11 is 3.96. The third kappa shape index (κ3) is 1.26. The molecule has 4 aliphatic rings. The first kappa shape index (κ1) is 10.5. The largest absolute Gasteiger partial charge is 0.356 e. The molecule has 0 amide bonds. The van der Waals surface area contributed by atoms with E-state index in [2.05, 4.69) is 12.2 Å². The number of carbonyl (C=O) groups excluding carboxylic acids is 1. The Morgan fingerprint density at radius 1 is 1.29 bits per heavy atom. The van der Waals surface area contributed by atoms with E-state index >= 15 is 0 Å². The second-order valence-corrected chi connectivity index (χ2v) is 7.55. The Morgan fingerprint density at radius 2 is 2.12 bits per heavy atom. The van der Waals surface area contributed by atoms with Crippen LogP contribution in [0.4, 0.5) is 0 Å². The average molecular weight is 264 g/mol. The summed E-state index contributed by atoms with van der Waals surface area (Å²) in [7, 11) is 0. The van der Waals surface area contributed by atoms with Gasteiger partial charge in [0.25, 0.3) is 0 Å². The van der Waals surface area contributed by atoms with Gasteiger partial charge < -0.3 is 4.74 Å². The van der Waals surface area contributed by atoms with Gasteiger partial charge in [0.1, 0.15) is 16.3 Å². The van der Waals surface area contributed by atoms with Crippen molar-refractivity contribution in [1.29, 1.82) is 0 Å². The molecule has 0 aromatic carbocycles. The molecule has 88 valence electrons. The molecular weight excluding hydrogens is 252 g/mol. The van der Waals surface area contributed by atoms with Gasteiger partial charge in [0.05, 0.1) is 0 Å². The molecule has 0 radical (unpaired) electrons. The predicted molar refractivity (Wildman–Crippen MR) is 71.2 cm³/mol. The highest BCUT2D eigenvalue weighted by Gasteiger charge is 2.53. The molecule has 0 aromatic rings. The van der Waals surface area contributed by atoms with Crippen LogP contribution in [0, 0.1) is 0 Å². The van der Waals surface area contributed by atoms with Crippen LogP contribution in [0.25, 0.3) is 0 Å². The maximum absolute atomic E-state index is 11.9. The van der Waals surface area contributed by atoms with Crippen molar-refractivity contribution >= 4 is 29.3 Å². The van der Waals surface area contributed by atoms with Crippen LogP contribution in [0.3, 0.4) is 0 Å². The Kier molecular flexibility index (Phi) is 2.17. The number of ketones is 1. The molecular formula is C13H12O2S2. The minimum Gasteiger partial charge on any atom is -0.356 e. The fraction of sp³-hybridized carbons (Fsp3) is 0.462. The van der Waals surface area contributed by atoms with Gasteiger partial charge in [0.2, 0.25) is 0 Å². The molecule has 2 bridgehead atoms. The molecule has 0 N–H and O–H groups in total. The Balaban J connectivity index is 1.91. The van der Waals surface area contributed by atoms with Gasteiger partial charge in [-0.3, -0.25) is 4.79 Å². The SMILES string of the molecule is O=C1C=C[C@H]2O[C@@H]1C1=C(C=CC1)C21SCCS1. The second-order valence-electron chi connectivity index (χ2n) is 4.61. The van der Waals surface area contributed by atoms with Gasteiger partial charge in [-0.1, -0.05) is 12.2 Å². The molecule has 0 saturated carbocycles. The maximum Gasteiger partial charge on any atom is 0.188 e. The number of ether oxygens (including phenoxy) is 1. The van der Waals surface area contributed by atoms with Gasteiger partial charge in [0.15, 0.2) is 5.78 Å². The van der Waals surface area contributed by atoms with E-state index in [-0.39, 0.29) is 22.1 Å². The monoisotopic (exact) mass is 264 g/mol. The van der Waals surface area contributed by atoms with Crippen LogP contribution in [-0.4, -0.2) is 33.6 Å². The van der Waals surface area contributed by atoms with Gasteiger partial charge in [-0.15, -0.1) is 23.5 Å². The predicted octanol–water partition coefficient (Wildman–Crippen LogP) is 2.33. The van der Waals surface area contributed by atoms with Crippen LogP contribution in [-0.2, 0) is 9.53 Å². The van der Waals surface area contributed by atoms with E-state index in [0.717, 1.165) is 6.42 Å². The van der Waals surface area contributed by atoms with E-state index in [1.54, 1.807) is 6.08 Å². The van der Waals surface area contributed by atoms with Crippen molar-refractivity contribution < 1.29 is 9.53 Å².